The van der Waals surface area contributed by atoms with Crippen LogP contribution in [0.4, 0.5) is 10.5 Å². The molecule has 0 N–H and O–H groups in total. The fraction of sp³-hybridized carbons (Fsp3) is 0.158. The van der Waals surface area contributed by atoms with Crippen molar-refractivity contribution in [1.82, 2.24) is 4.90 Å². The zero-order valence-corrected chi connectivity index (χ0v) is 12.8. The fourth-order valence-corrected chi connectivity index (χ4v) is 2.83. The number of para-hydroxylation sites is 1. The number of carbonyl (C=O) groups is 2. The SMILES string of the molecule is C=CCN1C(=O)N(c2ccccc2)C(=O)C1Cc1ccccc1. The molecule has 0 saturated carbocycles. The topological polar surface area (TPSA) is 40.6 Å². The maximum atomic E-state index is 12.8. The maximum absolute atomic E-state index is 12.8. The van der Waals surface area contributed by atoms with Crippen molar-refractivity contribution in [3.63, 3.8) is 0 Å². The lowest BCUT2D eigenvalue weighted by Crippen LogP contribution is -2.36. The Morgan fingerprint density at radius 3 is 2.17 bits per heavy atom. The number of anilines is 1. The van der Waals surface area contributed by atoms with Crippen LogP contribution in [0, 0.1) is 0 Å². The molecule has 116 valence electrons. The van der Waals surface area contributed by atoms with Gasteiger partial charge in [0, 0.05) is 13.0 Å². The van der Waals surface area contributed by atoms with E-state index in [1.54, 1.807) is 23.1 Å². The molecule has 2 aromatic rings. The Hall–Kier alpha value is -2.88. The zero-order valence-electron chi connectivity index (χ0n) is 12.8. The number of urea groups is 1. The van der Waals surface area contributed by atoms with Crippen LogP contribution in [0.5, 0.6) is 0 Å². The average molecular weight is 306 g/mol. The lowest BCUT2D eigenvalue weighted by atomic mass is 10.0. The van der Waals surface area contributed by atoms with Crippen molar-refractivity contribution in [3.05, 3.63) is 78.9 Å². The molecular weight excluding hydrogens is 288 g/mol. The quantitative estimate of drug-likeness (QED) is 0.628. The van der Waals surface area contributed by atoms with Gasteiger partial charge in [0.2, 0.25) is 0 Å². The van der Waals surface area contributed by atoms with Crippen LogP contribution in [0.25, 0.3) is 0 Å². The van der Waals surface area contributed by atoms with E-state index in [1.165, 1.54) is 4.90 Å². The minimum Gasteiger partial charge on any atom is -0.308 e. The Bertz CT molecular complexity index is 713. The Labute approximate surface area is 135 Å². The zero-order chi connectivity index (χ0) is 16.2. The summed E-state index contributed by atoms with van der Waals surface area (Å²) in [6.07, 6.45) is 2.15. The molecule has 0 aromatic heterocycles. The van der Waals surface area contributed by atoms with Gasteiger partial charge in [-0.1, -0.05) is 54.6 Å². The molecule has 1 aliphatic rings. The molecule has 1 fully saturated rings. The Kier molecular flexibility index (Phi) is 4.24. The first kappa shape index (κ1) is 15.0. The predicted molar refractivity (Wildman–Crippen MR) is 90.2 cm³/mol. The molecule has 0 aliphatic carbocycles. The molecule has 3 amide bonds. The summed E-state index contributed by atoms with van der Waals surface area (Å²) >= 11 is 0. The van der Waals surface area contributed by atoms with Crippen LogP contribution in [0.2, 0.25) is 0 Å². The molecule has 23 heavy (non-hydrogen) atoms. The first-order valence-electron chi connectivity index (χ1n) is 7.57. The van der Waals surface area contributed by atoms with Crippen LogP contribution in [-0.2, 0) is 11.2 Å². The molecule has 1 aliphatic heterocycles. The van der Waals surface area contributed by atoms with Crippen LogP contribution in [-0.4, -0.2) is 29.4 Å². The van der Waals surface area contributed by atoms with Gasteiger partial charge in [-0.3, -0.25) is 4.79 Å². The van der Waals surface area contributed by atoms with Crippen LogP contribution < -0.4 is 4.90 Å². The molecule has 2 aromatic carbocycles. The van der Waals surface area contributed by atoms with E-state index < -0.39 is 6.04 Å². The Morgan fingerprint density at radius 2 is 1.57 bits per heavy atom. The number of hydrogen-bond donors (Lipinski definition) is 0. The first-order valence-corrected chi connectivity index (χ1v) is 7.57. The summed E-state index contributed by atoms with van der Waals surface area (Å²) in [7, 11) is 0. The van der Waals surface area contributed by atoms with E-state index in [0.717, 1.165) is 5.56 Å². The highest BCUT2D eigenvalue weighted by atomic mass is 16.2. The van der Waals surface area contributed by atoms with Crippen molar-refractivity contribution in [2.24, 2.45) is 0 Å². The summed E-state index contributed by atoms with van der Waals surface area (Å²) in [6.45, 7) is 4.05. The summed E-state index contributed by atoms with van der Waals surface area (Å²) in [4.78, 5) is 28.4. The lowest BCUT2D eigenvalue weighted by molar-refractivity contribution is -0.119. The van der Waals surface area contributed by atoms with Gasteiger partial charge in [0.05, 0.1) is 5.69 Å². The Balaban J connectivity index is 1.92. The van der Waals surface area contributed by atoms with Crippen LogP contribution in [0.3, 0.4) is 0 Å². The van der Waals surface area contributed by atoms with E-state index >= 15 is 0 Å². The third-order valence-corrected chi connectivity index (χ3v) is 3.93. The average Bonchev–Trinajstić information content (AvgIpc) is 2.81. The van der Waals surface area contributed by atoms with Crippen molar-refractivity contribution in [1.29, 1.82) is 0 Å². The van der Waals surface area contributed by atoms with E-state index in [0.29, 0.717) is 18.7 Å². The van der Waals surface area contributed by atoms with Crippen LogP contribution in [0.15, 0.2) is 73.3 Å². The smallest absolute Gasteiger partial charge is 0.308 e. The van der Waals surface area contributed by atoms with Gasteiger partial charge >= 0.3 is 6.03 Å². The number of nitrogens with zero attached hydrogens (tertiary/aromatic N) is 2. The number of rotatable bonds is 5. The summed E-state index contributed by atoms with van der Waals surface area (Å²) < 4.78 is 0. The van der Waals surface area contributed by atoms with Gasteiger partial charge in [-0.15, -0.1) is 6.58 Å². The lowest BCUT2D eigenvalue weighted by Gasteiger charge is -2.20. The highest BCUT2D eigenvalue weighted by Gasteiger charge is 2.45. The second-order valence-corrected chi connectivity index (χ2v) is 5.44. The number of benzene rings is 2. The molecule has 0 bridgehead atoms. The highest BCUT2D eigenvalue weighted by molar-refractivity contribution is 6.21. The van der Waals surface area contributed by atoms with Crippen molar-refractivity contribution in [3.8, 4) is 0 Å². The number of hydrogen-bond acceptors (Lipinski definition) is 2. The maximum Gasteiger partial charge on any atom is 0.332 e. The molecule has 3 rings (SSSR count). The van der Waals surface area contributed by atoms with E-state index in [1.807, 2.05) is 48.5 Å². The van der Waals surface area contributed by atoms with Crippen molar-refractivity contribution in [2.75, 3.05) is 11.4 Å². The van der Waals surface area contributed by atoms with Crippen molar-refractivity contribution < 1.29 is 9.59 Å². The van der Waals surface area contributed by atoms with Gasteiger partial charge in [-0.2, -0.15) is 0 Å². The van der Waals surface area contributed by atoms with Crippen LogP contribution in [0.1, 0.15) is 5.56 Å². The van der Waals surface area contributed by atoms with Gasteiger partial charge in [-0.25, -0.2) is 9.69 Å². The highest BCUT2D eigenvalue weighted by Crippen LogP contribution is 2.26. The first-order chi connectivity index (χ1) is 11.2. The number of amides is 3. The normalized spacial score (nSPS) is 17.7. The largest absolute Gasteiger partial charge is 0.332 e. The standard InChI is InChI=1S/C19H18N2O2/c1-2-13-20-17(14-15-9-5-3-6-10-15)18(22)21(19(20)23)16-11-7-4-8-12-16/h2-12,17H,1,13-14H2. The van der Waals surface area contributed by atoms with E-state index in [9.17, 15) is 9.59 Å². The molecule has 1 saturated heterocycles. The summed E-state index contributed by atoms with van der Waals surface area (Å²) in [5, 5.41) is 0. The van der Waals surface area contributed by atoms with E-state index in [2.05, 4.69) is 6.58 Å². The van der Waals surface area contributed by atoms with Gasteiger partial charge in [0.15, 0.2) is 0 Å². The second-order valence-electron chi connectivity index (χ2n) is 5.44. The van der Waals surface area contributed by atoms with E-state index in [4.69, 9.17) is 0 Å². The summed E-state index contributed by atoms with van der Waals surface area (Å²) in [6, 6.07) is 18.0. The molecule has 0 radical (unpaired) electrons. The predicted octanol–water partition coefficient (Wildman–Crippen LogP) is 3.25. The van der Waals surface area contributed by atoms with Gasteiger partial charge < -0.3 is 4.90 Å². The van der Waals surface area contributed by atoms with Gasteiger partial charge in [0.1, 0.15) is 6.04 Å². The fourth-order valence-electron chi connectivity index (χ4n) is 2.83. The van der Waals surface area contributed by atoms with Crippen molar-refractivity contribution in [2.45, 2.75) is 12.5 Å². The van der Waals surface area contributed by atoms with Gasteiger partial charge in [0.25, 0.3) is 5.91 Å². The van der Waals surface area contributed by atoms with Gasteiger partial charge in [-0.05, 0) is 17.7 Å². The molecule has 4 nitrogen and oxygen atoms in total. The number of carbonyl (C=O) groups excluding carboxylic acids is 2. The van der Waals surface area contributed by atoms with Crippen LogP contribution >= 0.6 is 0 Å². The monoisotopic (exact) mass is 306 g/mol. The Morgan fingerprint density at radius 1 is 0.957 bits per heavy atom. The number of imide groups is 1. The molecule has 1 atom stereocenters. The van der Waals surface area contributed by atoms with Crippen molar-refractivity contribution >= 4 is 17.6 Å². The van der Waals surface area contributed by atoms with E-state index in [-0.39, 0.29) is 11.9 Å². The minimum atomic E-state index is -0.497. The molecule has 1 heterocycles. The third-order valence-electron chi connectivity index (χ3n) is 3.93. The second kappa shape index (κ2) is 6.48. The molecule has 4 heteroatoms. The summed E-state index contributed by atoms with van der Waals surface area (Å²) in [5.41, 5.74) is 1.63. The molecule has 0 spiro atoms. The molecular formula is C19H18N2O2. The minimum absolute atomic E-state index is 0.188. The summed E-state index contributed by atoms with van der Waals surface area (Å²) in [5.74, 6) is -0.188. The third kappa shape index (κ3) is 2.88. The molecule has 1 unspecified atom stereocenters.